The average molecular weight is 697 g/mol. The van der Waals surface area contributed by atoms with Crippen LogP contribution in [0.4, 0.5) is 26.1 Å². The summed E-state index contributed by atoms with van der Waals surface area (Å²) in [5.41, 5.74) is 9.07. The van der Waals surface area contributed by atoms with Crippen LogP contribution in [0.3, 0.4) is 0 Å². The zero-order valence-electron chi connectivity index (χ0n) is 28.3. The van der Waals surface area contributed by atoms with Gasteiger partial charge in [-0.1, -0.05) is 17.9 Å². The summed E-state index contributed by atoms with van der Waals surface area (Å²) in [6.07, 6.45) is 2.34. The highest BCUT2D eigenvalue weighted by molar-refractivity contribution is 5.95. The van der Waals surface area contributed by atoms with E-state index in [1.54, 1.807) is 26.2 Å². The van der Waals surface area contributed by atoms with Crippen molar-refractivity contribution in [2.45, 2.75) is 19.9 Å². The highest BCUT2D eigenvalue weighted by Crippen LogP contribution is 2.28. The number of carbonyl (C=O) groups is 1. The van der Waals surface area contributed by atoms with Crippen LogP contribution in [-0.4, -0.2) is 71.2 Å². The van der Waals surface area contributed by atoms with Gasteiger partial charge in [-0.15, -0.1) is 0 Å². The highest BCUT2D eigenvalue weighted by atomic mass is 19.2. The Kier molecular flexibility index (Phi) is 10.9. The molecule has 4 N–H and O–H groups in total. The van der Waals surface area contributed by atoms with E-state index in [-0.39, 0.29) is 18.7 Å². The monoisotopic (exact) mass is 696 g/mol. The van der Waals surface area contributed by atoms with E-state index in [0.717, 1.165) is 49.8 Å². The number of nitrogens with zero attached hydrogens (tertiary/aromatic N) is 5. The van der Waals surface area contributed by atoms with Crippen LogP contribution < -0.4 is 31.6 Å². The number of ether oxygens (including phenoxy) is 2. The molecule has 2 aromatic heterocycles. The van der Waals surface area contributed by atoms with Crippen molar-refractivity contribution in [3.63, 3.8) is 0 Å². The largest absolute Gasteiger partial charge is 0.491 e. The molecule has 264 valence electrons. The number of benzene rings is 3. The third kappa shape index (κ3) is 8.17. The van der Waals surface area contributed by atoms with E-state index in [4.69, 9.17) is 20.2 Å². The van der Waals surface area contributed by atoms with E-state index >= 15 is 0 Å². The molecule has 51 heavy (non-hydrogen) atoms. The Morgan fingerprint density at radius 3 is 2.61 bits per heavy atom. The molecule has 0 saturated carbocycles. The topological polar surface area (TPSA) is 142 Å². The highest BCUT2D eigenvalue weighted by Gasteiger charge is 2.21. The van der Waals surface area contributed by atoms with Gasteiger partial charge in [-0.3, -0.25) is 14.3 Å². The van der Waals surface area contributed by atoms with Crippen molar-refractivity contribution in [3.8, 4) is 17.6 Å². The van der Waals surface area contributed by atoms with E-state index in [1.807, 2.05) is 18.2 Å². The summed E-state index contributed by atoms with van der Waals surface area (Å²) in [6, 6.07) is 15.1. The molecule has 3 heterocycles. The van der Waals surface area contributed by atoms with Crippen molar-refractivity contribution < 1.29 is 23.0 Å². The van der Waals surface area contributed by atoms with Crippen LogP contribution in [-0.2, 0) is 18.3 Å². The van der Waals surface area contributed by atoms with E-state index in [1.165, 1.54) is 15.4 Å². The first-order valence-corrected chi connectivity index (χ1v) is 16.5. The van der Waals surface area contributed by atoms with Crippen LogP contribution in [0.1, 0.15) is 33.6 Å². The Morgan fingerprint density at radius 1 is 1.08 bits per heavy atom. The molecule has 1 amide bonds. The number of nitrogens with two attached hydrogens (primary N) is 1. The van der Waals surface area contributed by atoms with Crippen LogP contribution in [0.2, 0.25) is 0 Å². The maximum absolute atomic E-state index is 13.7. The van der Waals surface area contributed by atoms with Gasteiger partial charge in [0.1, 0.15) is 16.8 Å². The number of fused-ring (bicyclic) bond motifs is 1. The van der Waals surface area contributed by atoms with E-state index in [0.29, 0.717) is 59.0 Å². The number of rotatable bonds is 11. The van der Waals surface area contributed by atoms with Gasteiger partial charge in [-0.05, 0) is 74.0 Å². The van der Waals surface area contributed by atoms with Gasteiger partial charge in [0, 0.05) is 54.4 Å². The first-order chi connectivity index (χ1) is 24.7. The number of carbonyl (C=O) groups excluding carboxylic acids is 1. The normalized spacial score (nSPS) is 12.8. The minimum absolute atomic E-state index is 0.0399. The fourth-order valence-electron chi connectivity index (χ4n) is 5.70. The van der Waals surface area contributed by atoms with Crippen LogP contribution in [0.25, 0.3) is 10.9 Å². The summed E-state index contributed by atoms with van der Waals surface area (Å²) >= 11 is 0. The number of hydrogen-bond donors (Lipinski definition) is 3. The lowest BCUT2D eigenvalue weighted by Crippen LogP contribution is -2.36. The molecule has 0 radical (unpaired) electrons. The van der Waals surface area contributed by atoms with Gasteiger partial charge in [0.05, 0.1) is 32.9 Å². The third-order valence-corrected chi connectivity index (χ3v) is 8.52. The van der Waals surface area contributed by atoms with Gasteiger partial charge in [0.15, 0.2) is 11.6 Å². The predicted molar refractivity (Wildman–Crippen MR) is 191 cm³/mol. The van der Waals surface area contributed by atoms with Gasteiger partial charge in [0.25, 0.3) is 11.5 Å². The molecule has 5 aromatic rings. The number of anilines is 3. The molecule has 1 fully saturated rings. The Balaban J connectivity index is 1.15. The van der Waals surface area contributed by atoms with Crippen molar-refractivity contribution >= 4 is 34.1 Å². The predicted octanol–water partition coefficient (Wildman–Crippen LogP) is 3.85. The molecule has 6 rings (SSSR count). The number of nitrogens with one attached hydrogen (secondary N) is 2. The second kappa shape index (κ2) is 15.8. The Morgan fingerprint density at radius 2 is 1.86 bits per heavy atom. The van der Waals surface area contributed by atoms with Crippen LogP contribution in [0, 0.1) is 30.4 Å². The fourth-order valence-corrected chi connectivity index (χ4v) is 5.70. The molecule has 1 aliphatic heterocycles. The van der Waals surface area contributed by atoms with Crippen molar-refractivity contribution in [2.24, 2.45) is 12.8 Å². The molecule has 0 unspecified atom stereocenters. The van der Waals surface area contributed by atoms with Gasteiger partial charge >= 0.3 is 0 Å². The smallest absolute Gasteiger partial charge is 0.280 e. The van der Waals surface area contributed by atoms with Gasteiger partial charge in [-0.2, -0.15) is 0 Å². The lowest BCUT2D eigenvalue weighted by atomic mass is 10.1. The van der Waals surface area contributed by atoms with Crippen LogP contribution >= 0.6 is 0 Å². The summed E-state index contributed by atoms with van der Waals surface area (Å²) in [7, 11) is 1.62. The first-order valence-electron chi connectivity index (χ1n) is 16.5. The molecule has 14 heteroatoms. The molecule has 3 aromatic carbocycles. The van der Waals surface area contributed by atoms with Crippen LogP contribution in [0.5, 0.6) is 5.75 Å². The zero-order chi connectivity index (χ0) is 35.9. The number of aromatic nitrogens is 4. The minimum atomic E-state index is -1.01. The van der Waals surface area contributed by atoms with Crippen LogP contribution in [0.15, 0.2) is 65.6 Å². The fraction of sp³-hybridized carbons (Fsp3) is 0.297. The van der Waals surface area contributed by atoms with Crippen molar-refractivity contribution in [2.75, 3.05) is 56.2 Å². The van der Waals surface area contributed by atoms with Gasteiger partial charge < -0.3 is 30.7 Å². The summed E-state index contributed by atoms with van der Waals surface area (Å²) in [4.78, 5) is 37.8. The van der Waals surface area contributed by atoms with Gasteiger partial charge in [0.2, 0.25) is 5.95 Å². The minimum Gasteiger partial charge on any atom is -0.491 e. The Hall–Kier alpha value is -5.78. The summed E-state index contributed by atoms with van der Waals surface area (Å²) in [6.45, 7) is 5.56. The summed E-state index contributed by atoms with van der Waals surface area (Å²) < 4.78 is 41.4. The Bertz CT molecular complexity index is 2170. The van der Waals surface area contributed by atoms with E-state index in [9.17, 15) is 18.4 Å². The van der Waals surface area contributed by atoms with Crippen molar-refractivity contribution in [1.29, 1.82) is 0 Å². The van der Waals surface area contributed by atoms with E-state index < -0.39 is 23.1 Å². The van der Waals surface area contributed by atoms with Gasteiger partial charge in [-0.25, -0.2) is 23.4 Å². The Labute approximate surface area is 293 Å². The standard InChI is InChI=1S/C37H38F2N8O4/c1-24-33(36(49)47(45(24)2)23-26-6-11-30(38)31(39)20-26)35(48)41-13-3-5-25-19-27-22-42-37(44-34(27)32(21-25)51-16-4-12-40)43-28-7-9-29(10-8-28)46-14-17-50-18-15-46/h6-11,19-22H,4,12-18,23,40H2,1-2H3,(H,41,48)(H,42,43,44). The molecular formula is C37H38F2N8O4. The maximum Gasteiger partial charge on any atom is 0.280 e. The zero-order valence-corrected chi connectivity index (χ0v) is 28.3. The molecular weight excluding hydrogens is 658 g/mol. The second-order valence-electron chi connectivity index (χ2n) is 11.9. The second-order valence-corrected chi connectivity index (χ2v) is 11.9. The summed E-state index contributed by atoms with van der Waals surface area (Å²) in [5.74, 6) is 4.31. The van der Waals surface area contributed by atoms with E-state index in [2.05, 4.69) is 44.5 Å². The lowest BCUT2D eigenvalue weighted by molar-refractivity contribution is 0.0956. The number of amides is 1. The third-order valence-electron chi connectivity index (χ3n) is 8.52. The number of halogens is 2. The average Bonchev–Trinajstić information content (AvgIpc) is 3.35. The molecule has 12 nitrogen and oxygen atoms in total. The molecule has 0 spiro atoms. The van der Waals surface area contributed by atoms with Crippen molar-refractivity contribution in [3.05, 3.63) is 105 Å². The van der Waals surface area contributed by atoms with Crippen molar-refractivity contribution in [1.82, 2.24) is 24.6 Å². The lowest BCUT2D eigenvalue weighted by Gasteiger charge is -2.28. The first kappa shape index (κ1) is 35.1. The molecule has 1 aliphatic rings. The maximum atomic E-state index is 13.7. The number of morpholine rings is 1. The molecule has 1 saturated heterocycles. The summed E-state index contributed by atoms with van der Waals surface area (Å²) in [5, 5.41) is 6.66. The molecule has 0 atom stereocenters. The number of hydrogen-bond acceptors (Lipinski definition) is 9. The molecule has 0 aliphatic carbocycles. The molecule has 0 bridgehead atoms. The SMILES string of the molecule is Cc1c(C(=O)NCC#Cc2cc(OCCCN)c3nc(Nc4ccc(N5CCOCC5)cc4)ncc3c2)c(=O)n(Cc2ccc(F)c(F)c2)n1C. The quantitative estimate of drug-likeness (QED) is 0.139.